The number of hydrogen-bond donors (Lipinski definition) is 1. The number of carbonyl (C=O) groups excluding carboxylic acids is 1. The normalized spacial score (nSPS) is 11.0. The highest BCUT2D eigenvalue weighted by Gasteiger charge is 2.19. The van der Waals surface area contributed by atoms with Crippen LogP contribution in [0.1, 0.15) is 23.0 Å². The first-order valence-electron chi connectivity index (χ1n) is 11.4. The average Bonchev–Trinajstić information content (AvgIpc) is 3.25. The minimum atomic E-state index is -0.256. The van der Waals surface area contributed by atoms with Crippen LogP contribution in [0.4, 0.5) is 0 Å². The minimum absolute atomic E-state index is 0.112. The Kier molecular flexibility index (Phi) is 6.77. The van der Waals surface area contributed by atoms with E-state index in [1.165, 1.54) is 0 Å². The Morgan fingerprint density at radius 1 is 0.829 bits per heavy atom. The van der Waals surface area contributed by atoms with Crippen molar-refractivity contribution < 1.29 is 9.53 Å². The standard InChI is InChI=1S/C29H24ClN3O2/c30-23-15-17-24(18-16-23)35-20-27-31-25-13-7-8-14-26(25)33(27)19-28(34)32-29(21-9-3-1-4-10-21)22-11-5-2-6-12-22/h1-18,29H,19-20H2,(H,32,34). The van der Waals surface area contributed by atoms with E-state index in [9.17, 15) is 4.79 Å². The van der Waals surface area contributed by atoms with Gasteiger partial charge in [-0.15, -0.1) is 0 Å². The van der Waals surface area contributed by atoms with E-state index < -0.39 is 0 Å². The lowest BCUT2D eigenvalue weighted by Gasteiger charge is -2.20. The van der Waals surface area contributed by atoms with E-state index in [0.717, 1.165) is 22.2 Å². The van der Waals surface area contributed by atoms with Crippen LogP contribution in [0.15, 0.2) is 109 Å². The van der Waals surface area contributed by atoms with Gasteiger partial charge in [-0.25, -0.2) is 4.98 Å². The molecule has 6 heteroatoms. The Bertz CT molecular complexity index is 1380. The second kappa shape index (κ2) is 10.5. The summed E-state index contributed by atoms with van der Waals surface area (Å²) in [5.41, 5.74) is 3.74. The van der Waals surface area contributed by atoms with Gasteiger partial charge in [0.1, 0.15) is 24.7 Å². The molecule has 4 aromatic carbocycles. The number of benzene rings is 4. The molecule has 0 saturated carbocycles. The van der Waals surface area contributed by atoms with Crippen molar-refractivity contribution in [2.75, 3.05) is 0 Å². The highest BCUT2D eigenvalue weighted by molar-refractivity contribution is 6.30. The summed E-state index contributed by atoms with van der Waals surface area (Å²) in [6.07, 6.45) is 0. The molecule has 1 heterocycles. The summed E-state index contributed by atoms with van der Waals surface area (Å²) in [4.78, 5) is 18.1. The Morgan fingerprint density at radius 2 is 1.43 bits per heavy atom. The zero-order valence-electron chi connectivity index (χ0n) is 19.0. The molecule has 174 valence electrons. The van der Waals surface area contributed by atoms with E-state index >= 15 is 0 Å². The van der Waals surface area contributed by atoms with Gasteiger partial charge in [0.25, 0.3) is 0 Å². The molecule has 0 aliphatic rings. The Hall–Kier alpha value is -4.09. The first-order valence-corrected chi connectivity index (χ1v) is 11.8. The third-order valence-corrected chi connectivity index (χ3v) is 6.04. The smallest absolute Gasteiger partial charge is 0.240 e. The molecule has 5 rings (SSSR count). The summed E-state index contributed by atoms with van der Waals surface area (Å²) in [6, 6.07) is 34.7. The van der Waals surface area contributed by atoms with Gasteiger partial charge in [-0.05, 0) is 47.5 Å². The molecule has 0 unspecified atom stereocenters. The van der Waals surface area contributed by atoms with Crippen molar-refractivity contribution in [1.29, 1.82) is 0 Å². The van der Waals surface area contributed by atoms with Crippen LogP contribution >= 0.6 is 11.6 Å². The van der Waals surface area contributed by atoms with E-state index in [0.29, 0.717) is 16.6 Å². The number of fused-ring (bicyclic) bond motifs is 1. The molecule has 1 aromatic heterocycles. The molecule has 5 nitrogen and oxygen atoms in total. The van der Waals surface area contributed by atoms with Crippen molar-refractivity contribution in [2.45, 2.75) is 19.2 Å². The topological polar surface area (TPSA) is 56.2 Å². The van der Waals surface area contributed by atoms with Crippen molar-refractivity contribution in [3.8, 4) is 5.75 Å². The first-order chi connectivity index (χ1) is 17.2. The summed E-state index contributed by atoms with van der Waals surface area (Å²) < 4.78 is 7.86. The molecule has 0 spiro atoms. The van der Waals surface area contributed by atoms with Crippen LogP contribution in [-0.4, -0.2) is 15.5 Å². The lowest BCUT2D eigenvalue weighted by Crippen LogP contribution is -2.32. The third-order valence-electron chi connectivity index (χ3n) is 5.79. The lowest BCUT2D eigenvalue weighted by molar-refractivity contribution is -0.122. The molecule has 35 heavy (non-hydrogen) atoms. The number of nitrogens with one attached hydrogen (secondary N) is 1. The van der Waals surface area contributed by atoms with E-state index in [2.05, 4.69) is 5.32 Å². The zero-order chi connectivity index (χ0) is 24.0. The van der Waals surface area contributed by atoms with E-state index in [1.807, 2.05) is 102 Å². The maximum Gasteiger partial charge on any atom is 0.240 e. The van der Waals surface area contributed by atoms with Crippen LogP contribution in [0.2, 0.25) is 5.02 Å². The molecule has 0 saturated heterocycles. The fourth-order valence-electron chi connectivity index (χ4n) is 4.09. The number of carbonyl (C=O) groups is 1. The number of rotatable bonds is 8. The molecule has 0 fully saturated rings. The number of para-hydroxylation sites is 2. The molecule has 1 amide bonds. The van der Waals surface area contributed by atoms with Crippen molar-refractivity contribution in [1.82, 2.24) is 14.9 Å². The van der Waals surface area contributed by atoms with Crippen molar-refractivity contribution in [3.05, 3.63) is 131 Å². The molecule has 0 radical (unpaired) electrons. The van der Waals surface area contributed by atoms with Gasteiger partial charge in [0.2, 0.25) is 5.91 Å². The third kappa shape index (κ3) is 5.36. The number of imidazole rings is 1. The monoisotopic (exact) mass is 481 g/mol. The SMILES string of the molecule is O=C(Cn1c(COc2ccc(Cl)cc2)nc2ccccc21)NC(c1ccccc1)c1ccccc1. The first kappa shape index (κ1) is 22.7. The number of hydrogen-bond acceptors (Lipinski definition) is 3. The second-order valence-electron chi connectivity index (χ2n) is 8.17. The zero-order valence-corrected chi connectivity index (χ0v) is 19.7. The highest BCUT2D eigenvalue weighted by atomic mass is 35.5. The maximum absolute atomic E-state index is 13.4. The molecule has 0 atom stereocenters. The lowest BCUT2D eigenvalue weighted by atomic mass is 9.99. The Balaban J connectivity index is 1.40. The van der Waals surface area contributed by atoms with Crippen molar-refractivity contribution >= 4 is 28.5 Å². The minimum Gasteiger partial charge on any atom is -0.486 e. The van der Waals surface area contributed by atoms with E-state index in [-0.39, 0.29) is 25.1 Å². The van der Waals surface area contributed by atoms with Gasteiger partial charge in [0, 0.05) is 5.02 Å². The van der Waals surface area contributed by atoms with Crippen LogP contribution in [0, 0.1) is 0 Å². The van der Waals surface area contributed by atoms with E-state index in [4.69, 9.17) is 21.3 Å². The largest absolute Gasteiger partial charge is 0.486 e. The van der Waals surface area contributed by atoms with Gasteiger partial charge in [0.15, 0.2) is 0 Å². The maximum atomic E-state index is 13.4. The number of nitrogens with zero attached hydrogens (tertiary/aromatic N) is 2. The number of aromatic nitrogens is 2. The van der Waals surface area contributed by atoms with Gasteiger partial charge in [-0.3, -0.25) is 4.79 Å². The quantitative estimate of drug-likeness (QED) is 0.288. The fraction of sp³-hybridized carbons (Fsp3) is 0.103. The summed E-state index contributed by atoms with van der Waals surface area (Å²) in [5.74, 6) is 1.25. The fourth-order valence-corrected chi connectivity index (χ4v) is 4.22. The Labute approximate surface area is 209 Å². The predicted molar refractivity (Wildman–Crippen MR) is 138 cm³/mol. The van der Waals surface area contributed by atoms with Crippen LogP contribution in [0.3, 0.4) is 0 Å². The van der Waals surface area contributed by atoms with E-state index in [1.54, 1.807) is 12.1 Å². The molecular formula is C29H24ClN3O2. The van der Waals surface area contributed by atoms with Gasteiger partial charge in [0.05, 0.1) is 17.1 Å². The number of halogens is 1. The van der Waals surface area contributed by atoms with Crippen molar-refractivity contribution in [2.24, 2.45) is 0 Å². The molecule has 0 aliphatic carbocycles. The summed E-state index contributed by atoms with van der Waals surface area (Å²) >= 11 is 5.98. The van der Waals surface area contributed by atoms with Crippen LogP contribution in [0.5, 0.6) is 5.75 Å². The molecule has 0 aliphatic heterocycles. The Morgan fingerprint density at radius 3 is 2.09 bits per heavy atom. The van der Waals surface area contributed by atoms with Crippen LogP contribution in [-0.2, 0) is 17.9 Å². The van der Waals surface area contributed by atoms with Gasteiger partial charge in [-0.1, -0.05) is 84.4 Å². The van der Waals surface area contributed by atoms with Gasteiger partial charge in [-0.2, -0.15) is 0 Å². The van der Waals surface area contributed by atoms with Gasteiger partial charge < -0.3 is 14.6 Å². The predicted octanol–water partition coefficient (Wildman–Crippen LogP) is 6.17. The molecule has 5 aromatic rings. The average molecular weight is 482 g/mol. The summed E-state index contributed by atoms with van der Waals surface area (Å²) in [7, 11) is 0. The second-order valence-corrected chi connectivity index (χ2v) is 8.60. The molecule has 0 bridgehead atoms. The highest BCUT2D eigenvalue weighted by Crippen LogP contribution is 2.23. The van der Waals surface area contributed by atoms with Gasteiger partial charge >= 0.3 is 0 Å². The number of ether oxygens (including phenoxy) is 1. The van der Waals surface area contributed by atoms with Crippen molar-refractivity contribution in [3.63, 3.8) is 0 Å². The molecule has 1 N–H and O–H groups in total. The van der Waals surface area contributed by atoms with Crippen LogP contribution in [0.25, 0.3) is 11.0 Å². The summed E-state index contributed by atoms with van der Waals surface area (Å²) in [5, 5.41) is 3.86. The molecular weight excluding hydrogens is 458 g/mol. The van der Waals surface area contributed by atoms with Crippen LogP contribution < -0.4 is 10.1 Å². The summed E-state index contributed by atoms with van der Waals surface area (Å²) in [6.45, 7) is 0.348. The number of amides is 1.